The number of nitrogens with zero attached hydrogens (tertiary/aromatic N) is 3. The molecule has 1 aliphatic heterocycles. The minimum atomic E-state index is -1.05. The number of carbonyl (C=O) groups is 4. The third-order valence-corrected chi connectivity index (χ3v) is 5.87. The third-order valence-electron chi connectivity index (χ3n) is 5.87. The number of aryl methyl sites for hydroxylation is 1. The second kappa shape index (κ2) is 11.9. The Morgan fingerprint density at radius 3 is 2.55 bits per heavy atom. The minimum Gasteiger partial charge on any atom is -0.496 e. The number of ether oxygens (including phenoxy) is 2. The number of rotatable bonds is 3. The van der Waals surface area contributed by atoms with Gasteiger partial charge in [0, 0.05) is 19.2 Å². The van der Waals surface area contributed by atoms with E-state index < -0.39 is 47.5 Å². The molecule has 0 fully saturated rings. The lowest BCUT2D eigenvalue weighted by Gasteiger charge is -2.25. The average Bonchev–Trinajstić information content (AvgIpc) is 3.32. The molecule has 0 saturated heterocycles. The van der Waals surface area contributed by atoms with Crippen molar-refractivity contribution in [3.63, 3.8) is 0 Å². The van der Waals surface area contributed by atoms with Crippen LogP contribution in [0.3, 0.4) is 0 Å². The molecule has 2 heterocycles. The van der Waals surface area contributed by atoms with Crippen LogP contribution in [0, 0.1) is 0 Å². The summed E-state index contributed by atoms with van der Waals surface area (Å²) in [4.78, 5) is 51.4. The smallest absolute Gasteiger partial charge is 0.408 e. The van der Waals surface area contributed by atoms with E-state index in [1.165, 1.54) is 21.1 Å². The fourth-order valence-electron chi connectivity index (χ4n) is 3.99. The van der Waals surface area contributed by atoms with Crippen LogP contribution in [0.25, 0.3) is 11.3 Å². The molecule has 1 aromatic carbocycles. The molecule has 0 radical (unpaired) electrons. The van der Waals surface area contributed by atoms with E-state index >= 15 is 0 Å². The molecular formula is C25H35N7O6. The lowest BCUT2D eigenvalue weighted by molar-refractivity contribution is -0.132. The molecule has 206 valence electrons. The minimum absolute atomic E-state index is 0.233. The molecule has 0 spiro atoms. The van der Waals surface area contributed by atoms with Crippen molar-refractivity contribution in [2.75, 3.05) is 14.2 Å². The molecule has 0 unspecified atom stereocenters. The van der Waals surface area contributed by atoms with E-state index in [0.29, 0.717) is 35.5 Å². The predicted molar refractivity (Wildman–Crippen MR) is 137 cm³/mol. The van der Waals surface area contributed by atoms with Crippen molar-refractivity contribution in [2.45, 2.75) is 70.8 Å². The van der Waals surface area contributed by atoms with Crippen molar-refractivity contribution >= 4 is 23.8 Å². The van der Waals surface area contributed by atoms with Gasteiger partial charge >= 0.3 is 6.09 Å². The van der Waals surface area contributed by atoms with Crippen molar-refractivity contribution in [1.29, 1.82) is 0 Å². The van der Waals surface area contributed by atoms with E-state index in [1.807, 2.05) is 0 Å². The molecule has 2 aromatic rings. The van der Waals surface area contributed by atoms with E-state index in [9.17, 15) is 19.2 Å². The van der Waals surface area contributed by atoms with Gasteiger partial charge in [-0.2, -0.15) is 0 Å². The van der Waals surface area contributed by atoms with Gasteiger partial charge in [0.05, 0.1) is 19.0 Å². The maximum Gasteiger partial charge on any atom is 0.408 e. The SMILES string of the molecule is CNC(=O)[C@H]1NC(=O)[C@@H](C)NC(=O)[C@@H](NC(=O)OC(C)(C)C)CCCn2nncc2-c2cc1ccc2OC. The number of hydrogen-bond donors (Lipinski definition) is 4. The lowest BCUT2D eigenvalue weighted by atomic mass is 10.0. The van der Waals surface area contributed by atoms with E-state index in [0.717, 1.165) is 0 Å². The number of alkyl carbamates (subject to hydrolysis) is 1. The van der Waals surface area contributed by atoms with Crippen LogP contribution in [-0.2, 0) is 25.7 Å². The summed E-state index contributed by atoms with van der Waals surface area (Å²) in [5, 5.41) is 18.7. The molecular weight excluding hydrogens is 494 g/mol. The van der Waals surface area contributed by atoms with Crippen LogP contribution in [0.15, 0.2) is 24.4 Å². The van der Waals surface area contributed by atoms with Crippen LogP contribution >= 0.6 is 0 Å². The molecule has 38 heavy (non-hydrogen) atoms. The summed E-state index contributed by atoms with van der Waals surface area (Å²) in [6, 6.07) is 2.08. The van der Waals surface area contributed by atoms with Gasteiger partial charge in [0.25, 0.3) is 0 Å². The lowest BCUT2D eigenvalue weighted by Crippen LogP contribution is -2.54. The number of nitrogens with one attached hydrogen (secondary N) is 4. The third kappa shape index (κ3) is 6.99. The summed E-state index contributed by atoms with van der Waals surface area (Å²) in [5.41, 5.74) is 0.984. The summed E-state index contributed by atoms with van der Waals surface area (Å²) in [6.45, 7) is 7.01. The quantitative estimate of drug-likeness (QED) is 0.458. The normalized spacial score (nSPS) is 20.5. The summed E-state index contributed by atoms with van der Waals surface area (Å²) >= 11 is 0. The van der Waals surface area contributed by atoms with Crippen molar-refractivity contribution in [3.05, 3.63) is 30.0 Å². The molecule has 1 aliphatic rings. The highest BCUT2D eigenvalue weighted by molar-refractivity contribution is 5.94. The van der Waals surface area contributed by atoms with Gasteiger partial charge in [-0.15, -0.1) is 5.10 Å². The molecule has 0 saturated carbocycles. The first-order valence-electron chi connectivity index (χ1n) is 12.3. The molecule has 4 amide bonds. The van der Waals surface area contributed by atoms with Crippen LogP contribution in [0.4, 0.5) is 4.79 Å². The Kier molecular flexibility index (Phi) is 8.92. The van der Waals surface area contributed by atoms with Gasteiger partial charge < -0.3 is 30.7 Å². The van der Waals surface area contributed by atoms with Crippen LogP contribution in [-0.4, -0.2) is 70.7 Å². The topological polar surface area (TPSA) is 166 Å². The Hall–Kier alpha value is -4.16. The number of aromatic nitrogens is 3. The second-order valence-corrected chi connectivity index (χ2v) is 9.93. The van der Waals surface area contributed by atoms with Crippen molar-refractivity contribution < 1.29 is 28.7 Å². The number of amides is 4. The molecule has 3 rings (SSSR count). The Labute approximate surface area is 221 Å². The Morgan fingerprint density at radius 1 is 1.16 bits per heavy atom. The largest absolute Gasteiger partial charge is 0.496 e. The molecule has 3 atom stereocenters. The van der Waals surface area contributed by atoms with Gasteiger partial charge in [0.15, 0.2) is 0 Å². The van der Waals surface area contributed by atoms with Gasteiger partial charge in [-0.3, -0.25) is 14.4 Å². The van der Waals surface area contributed by atoms with E-state index in [1.54, 1.807) is 49.8 Å². The van der Waals surface area contributed by atoms with Crippen molar-refractivity contribution in [3.8, 4) is 17.0 Å². The molecule has 4 N–H and O–H groups in total. The number of benzene rings is 1. The molecule has 1 aromatic heterocycles. The summed E-state index contributed by atoms with van der Waals surface area (Å²) in [5.74, 6) is -1.07. The van der Waals surface area contributed by atoms with Gasteiger partial charge in [0.2, 0.25) is 17.7 Å². The first kappa shape index (κ1) is 28.4. The van der Waals surface area contributed by atoms with Crippen LogP contribution in [0.1, 0.15) is 52.1 Å². The first-order valence-corrected chi connectivity index (χ1v) is 12.3. The maximum absolute atomic E-state index is 13.1. The van der Waals surface area contributed by atoms with Crippen LogP contribution in [0.2, 0.25) is 0 Å². The van der Waals surface area contributed by atoms with E-state index in [4.69, 9.17) is 9.47 Å². The number of likely N-dealkylation sites (N-methyl/N-ethyl adjacent to an activating group) is 1. The Morgan fingerprint density at radius 2 is 1.89 bits per heavy atom. The first-order chi connectivity index (χ1) is 17.9. The predicted octanol–water partition coefficient (Wildman–Crippen LogP) is 1.05. The van der Waals surface area contributed by atoms with Gasteiger partial charge in [-0.1, -0.05) is 11.3 Å². The van der Waals surface area contributed by atoms with Gasteiger partial charge in [-0.05, 0) is 58.2 Å². The van der Waals surface area contributed by atoms with Crippen LogP contribution in [0.5, 0.6) is 5.75 Å². The fourth-order valence-corrected chi connectivity index (χ4v) is 3.99. The van der Waals surface area contributed by atoms with E-state index in [2.05, 4.69) is 31.6 Å². The van der Waals surface area contributed by atoms with Crippen molar-refractivity contribution in [2.24, 2.45) is 0 Å². The number of methoxy groups -OCH3 is 1. The molecule has 2 bridgehead atoms. The fraction of sp³-hybridized carbons (Fsp3) is 0.520. The highest BCUT2D eigenvalue weighted by atomic mass is 16.6. The van der Waals surface area contributed by atoms with Gasteiger partial charge in [0.1, 0.15) is 29.5 Å². The summed E-state index contributed by atoms with van der Waals surface area (Å²) in [6.07, 6.45) is 1.48. The molecule has 0 aliphatic carbocycles. The maximum atomic E-state index is 13.1. The van der Waals surface area contributed by atoms with Gasteiger partial charge in [-0.25, -0.2) is 9.48 Å². The molecule has 13 heteroatoms. The highest BCUT2D eigenvalue weighted by Crippen LogP contribution is 2.32. The Bertz CT molecular complexity index is 1190. The highest BCUT2D eigenvalue weighted by Gasteiger charge is 2.30. The average molecular weight is 530 g/mol. The number of fused-ring (bicyclic) bond motifs is 4. The zero-order chi connectivity index (χ0) is 28.0. The standard InChI is InChI=1S/C25H35N7O6/c1-14-21(33)30-20(23(35)26-5)15-9-10-19(37-6)16(12-15)18-13-27-31-32(18)11-7-8-17(22(34)28-14)29-24(36)38-25(2,3)4/h9-10,12-14,17,20H,7-8,11H2,1-6H3,(H,26,35)(H,28,34)(H,29,36)(H,30,33)/t14-,17+,20+/m1/s1. The van der Waals surface area contributed by atoms with Crippen LogP contribution < -0.4 is 26.0 Å². The zero-order valence-corrected chi connectivity index (χ0v) is 22.5. The summed E-state index contributed by atoms with van der Waals surface area (Å²) in [7, 11) is 2.99. The number of hydrogen-bond acceptors (Lipinski definition) is 8. The number of carbonyl (C=O) groups excluding carboxylic acids is 4. The van der Waals surface area contributed by atoms with Crippen molar-refractivity contribution in [1.82, 2.24) is 36.3 Å². The second-order valence-electron chi connectivity index (χ2n) is 9.93. The zero-order valence-electron chi connectivity index (χ0n) is 22.5. The summed E-state index contributed by atoms with van der Waals surface area (Å²) < 4.78 is 12.5. The Balaban J connectivity index is 2.01. The monoisotopic (exact) mass is 529 g/mol. The van der Waals surface area contributed by atoms with E-state index in [-0.39, 0.29) is 6.42 Å². The molecule has 13 nitrogen and oxygen atoms in total.